The van der Waals surface area contributed by atoms with Gasteiger partial charge in [-0.2, -0.15) is 0 Å². The number of aryl methyl sites for hydroxylation is 3. The first-order valence-electron chi connectivity index (χ1n) is 13.3. The van der Waals surface area contributed by atoms with Gasteiger partial charge in [-0.3, -0.25) is 9.20 Å². The summed E-state index contributed by atoms with van der Waals surface area (Å²) in [5, 5.41) is 32.9. The highest BCUT2D eigenvalue weighted by molar-refractivity contribution is 6.07. The Labute approximate surface area is 237 Å². The molecule has 0 fully saturated rings. The van der Waals surface area contributed by atoms with E-state index in [-0.39, 0.29) is 24.0 Å². The molecule has 10 heteroatoms. The molecule has 0 aliphatic heterocycles. The molecule has 0 aliphatic carbocycles. The minimum absolute atomic E-state index is 0.0650. The SMILES string of the molecule is Cc1cc(F)cc(C)c1Oc1ccc(C(C)(C)O)cc1-c1cn2c(C)nnc2c2[nH]c(C(=O)NCC(C)(C)O)cc12. The van der Waals surface area contributed by atoms with Crippen LogP contribution in [0.25, 0.3) is 27.7 Å². The normalized spacial score (nSPS) is 12.3. The van der Waals surface area contributed by atoms with Crippen LogP contribution in [0.2, 0.25) is 0 Å². The molecule has 0 spiro atoms. The van der Waals surface area contributed by atoms with Gasteiger partial charge in [0.2, 0.25) is 0 Å². The van der Waals surface area contributed by atoms with E-state index in [4.69, 9.17) is 4.74 Å². The van der Waals surface area contributed by atoms with Crippen molar-refractivity contribution in [3.63, 3.8) is 0 Å². The summed E-state index contributed by atoms with van der Waals surface area (Å²) in [5.74, 6) is 0.918. The van der Waals surface area contributed by atoms with Crippen LogP contribution in [0.15, 0.2) is 42.6 Å². The number of fused-ring (bicyclic) bond motifs is 3. The fourth-order valence-corrected chi connectivity index (χ4v) is 4.84. The van der Waals surface area contributed by atoms with Crippen molar-refractivity contribution < 1.29 is 24.1 Å². The number of H-pyrrole nitrogens is 1. The minimum Gasteiger partial charge on any atom is -0.456 e. The van der Waals surface area contributed by atoms with Gasteiger partial charge in [0.25, 0.3) is 5.91 Å². The van der Waals surface area contributed by atoms with Gasteiger partial charge in [-0.05, 0) is 95.5 Å². The Balaban J connectivity index is 1.75. The van der Waals surface area contributed by atoms with Gasteiger partial charge in [0.1, 0.15) is 28.8 Å². The number of carbonyl (C=O) groups excluding carboxylic acids is 1. The maximum atomic E-state index is 14.0. The molecule has 5 rings (SSSR count). The van der Waals surface area contributed by atoms with Gasteiger partial charge in [0.05, 0.1) is 16.7 Å². The molecular formula is C31H34FN5O4. The molecule has 0 aliphatic rings. The first kappa shape index (κ1) is 28.3. The third-order valence-corrected chi connectivity index (χ3v) is 7.00. The molecule has 1 amide bonds. The van der Waals surface area contributed by atoms with Crippen molar-refractivity contribution in [1.82, 2.24) is 24.9 Å². The number of aromatic nitrogens is 4. The third-order valence-electron chi connectivity index (χ3n) is 7.00. The van der Waals surface area contributed by atoms with E-state index in [1.807, 2.05) is 23.6 Å². The molecule has 3 heterocycles. The van der Waals surface area contributed by atoms with Gasteiger partial charge in [0.15, 0.2) is 5.65 Å². The summed E-state index contributed by atoms with van der Waals surface area (Å²) in [7, 11) is 0. The van der Waals surface area contributed by atoms with Crippen molar-refractivity contribution in [3.05, 3.63) is 76.6 Å². The molecule has 41 heavy (non-hydrogen) atoms. The quantitative estimate of drug-likeness (QED) is 0.210. The fraction of sp³-hybridized carbons (Fsp3) is 0.323. The minimum atomic E-state index is -1.15. The Morgan fingerprint density at radius 1 is 1.02 bits per heavy atom. The second-order valence-corrected chi connectivity index (χ2v) is 11.7. The molecule has 0 radical (unpaired) electrons. The lowest BCUT2D eigenvalue weighted by atomic mass is 9.93. The number of ether oxygens (including phenoxy) is 1. The molecule has 0 unspecified atom stereocenters. The summed E-state index contributed by atoms with van der Waals surface area (Å²) < 4.78 is 22.3. The Bertz CT molecular complexity index is 1780. The summed E-state index contributed by atoms with van der Waals surface area (Å²) >= 11 is 0. The fourth-order valence-electron chi connectivity index (χ4n) is 4.84. The van der Waals surface area contributed by atoms with Crippen LogP contribution in [0.4, 0.5) is 4.39 Å². The Hall–Kier alpha value is -4.28. The smallest absolute Gasteiger partial charge is 0.267 e. The molecule has 4 N–H and O–H groups in total. The lowest BCUT2D eigenvalue weighted by molar-refractivity contribution is 0.0692. The number of aromatic amines is 1. The monoisotopic (exact) mass is 559 g/mol. The molecule has 0 atom stereocenters. The highest BCUT2D eigenvalue weighted by atomic mass is 19.1. The van der Waals surface area contributed by atoms with Crippen LogP contribution in [-0.2, 0) is 5.60 Å². The Kier molecular flexibility index (Phi) is 6.87. The molecule has 214 valence electrons. The number of pyridine rings is 1. The van der Waals surface area contributed by atoms with Crippen molar-refractivity contribution in [2.45, 2.75) is 59.7 Å². The van der Waals surface area contributed by atoms with Crippen molar-refractivity contribution in [1.29, 1.82) is 0 Å². The summed E-state index contributed by atoms with van der Waals surface area (Å²) in [6.45, 7) is 12.1. The molecule has 5 aromatic rings. The van der Waals surface area contributed by atoms with E-state index in [0.717, 1.165) is 0 Å². The van der Waals surface area contributed by atoms with Crippen LogP contribution in [0, 0.1) is 26.6 Å². The van der Waals surface area contributed by atoms with Crippen molar-refractivity contribution in [2.75, 3.05) is 6.54 Å². The topological polar surface area (TPSA) is 125 Å². The molecule has 0 bridgehead atoms. The molecule has 0 saturated carbocycles. The maximum Gasteiger partial charge on any atom is 0.267 e. The van der Waals surface area contributed by atoms with E-state index in [0.29, 0.717) is 61.7 Å². The number of rotatable bonds is 7. The predicted molar refractivity (Wildman–Crippen MR) is 155 cm³/mol. The Morgan fingerprint density at radius 2 is 1.71 bits per heavy atom. The van der Waals surface area contributed by atoms with Gasteiger partial charge in [0, 0.05) is 29.3 Å². The average Bonchev–Trinajstić information content (AvgIpc) is 3.47. The van der Waals surface area contributed by atoms with Gasteiger partial charge in [-0.15, -0.1) is 10.2 Å². The number of halogens is 1. The van der Waals surface area contributed by atoms with E-state index < -0.39 is 11.2 Å². The highest BCUT2D eigenvalue weighted by Crippen LogP contribution is 2.42. The number of nitrogens with zero attached hydrogens (tertiary/aromatic N) is 3. The Morgan fingerprint density at radius 3 is 2.34 bits per heavy atom. The van der Waals surface area contributed by atoms with Gasteiger partial charge >= 0.3 is 0 Å². The van der Waals surface area contributed by atoms with E-state index in [9.17, 15) is 19.4 Å². The van der Waals surface area contributed by atoms with E-state index in [1.54, 1.807) is 59.7 Å². The maximum absolute atomic E-state index is 14.0. The van der Waals surface area contributed by atoms with E-state index >= 15 is 0 Å². The van der Waals surface area contributed by atoms with Gasteiger partial charge < -0.3 is 25.3 Å². The molecular weight excluding hydrogens is 525 g/mol. The second kappa shape index (κ2) is 9.97. The summed E-state index contributed by atoms with van der Waals surface area (Å²) in [6.07, 6.45) is 1.88. The van der Waals surface area contributed by atoms with Crippen LogP contribution < -0.4 is 10.1 Å². The summed E-state index contributed by atoms with van der Waals surface area (Å²) in [6, 6.07) is 9.99. The molecule has 9 nitrogen and oxygen atoms in total. The van der Waals surface area contributed by atoms with Crippen LogP contribution in [0.3, 0.4) is 0 Å². The molecule has 3 aromatic heterocycles. The zero-order chi connectivity index (χ0) is 29.9. The first-order valence-corrected chi connectivity index (χ1v) is 13.3. The van der Waals surface area contributed by atoms with Crippen LogP contribution in [0.1, 0.15) is 60.7 Å². The summed E-state index contributed by atoms with van der Waals surface area (Å²) in [4.78, 5) is 16.2. The number of hydrogen-bond acceptors (Lipinski definition) is 6. The number of nitrogens with one attached hydrogen (secondary N) is 2. The van der Waals surface area contributed by atoms with Gasteiger partial charge in [-0.25, -0.2) is 4.39 Å². The molecule has 0 saturated heterocycles. The third kappa shape index (κ3) is 5.53. The highest BCUT2D eigenvalue weighted by Gasteiger charge is 2.24. The predicted octanol–water partition coefficient (Wildman–Crippen LogP) is 5.46. The van der Waals surface area contributed by atoms with Crippen LogP contribution in [0.5, 0.6) is 11.5 Å². The number of hydrogen-bond donors (Lipinski definition) is 4. The van der Waals surface area contributed by atoms with Gasteiger partial charge in [-0.1, -0.05) is 6.07 Å². The van der Waals surface area contributed by atoms with E-state index in [2.05, 4.69) is 20.5 Å². The van der Waals surface area contributed by atoms with Crippen molar-refractivity contribution in [3.8, 4) is 22.6 Å². The molecule has 2 aromatic carbocycles. The largest absolute Gasteiger partial charge is 0.456 e. The summed E-state index contributed by atoms with van der Waals surface area (Å²) in [5.41, 5.74) is 2.47. The van der Waals surface area contributed by atoms with Crippen LogP contribution in [-0.4, -0.2) is 47.8 Å². The zero-order valence-corrected chi connectivity index (χ0v) is 24.2. The number of carbonyl (C=O) groups is 1. The number of benzene rings is 2. The average molecular weight is 560 g/mol. The zero-order valence-electron chi connectivity index (χ0n) is 24.2. The standard InChI is InChI=1S/C31H34FN5O4/c1-16-10-20(32)11-17(2)27(16)41-25-9-8-19(31(6,7)40)12-21(25)23-14-37-18(3)35-36-28(37)26-22(23)13-24(34-26)29(38)33-15-30(4,5)39/h8-14,34,39-40H,15H2,1-7H3,(H,33,38). The second-order valence-electron chi connectivity index (χ2n) is 11.7. The lowest BCUT2D eigenvalue weighted by Crippen LogP contribution is -2.38. The number of amides is 1. The van der Waals surface area contributed by atoms with Crippen molar-refractivity contribution in [2.24, 2.45) is 0 Å². The lowest BCUT2D eigenvalue weighted by Gasteiger charge is -2.22. The van der Waals surface area contributed by atoms with E-state index in [1.165, 1.54) is 12.1 Å². The van der Waals surface area contributed by atoms with Crippen LogP contribution >= 0.6 is 0 Å². The van der Waals surface area contributed by atoms with Crippen molar-refractivity contribution >= 4 is 22.5 Å². The first-order chi connectivity index (χ1) is 19.1. The number of aliphatic hydroxyl groups is 2.